The molecule has 0 aromatic rings. The minimum absolute atomic E-state index is 0.0398. The van der Waals surface area contributed by atoms with Crippen molar-refractivity contribution in [2.75, 3.05) is 18.6 Å². The summed E-state index contributed by atoms with van der Waals surface area (Å²) in [5.74, 6) is 0.193. The second-order valence-electron chi connectivity index (χ2n) is 4.31. The predicted molar refractivity (Wildman–Crippen MR) is 58.1 cm³/mol. The molecule has 0 amide bonds. The van der Waals surface area contributed by atoms with Gasteiger partial charge in [0.2, 0.25) is 0 Å². The highest BCUT2D eigenvalue weighted by Crippen LogP contribution is 2.06. The minimum atomic E-state index is -2.86. The summed E-state index contributed by atoms with van der Waals surface area (Å²) < 4.78 is 21.6. The van der Waals surface area contributed by atoms with Gasteiger partial charge in [-0.3, -0.25) is 0 Å². The van der Waals surface area contributed by atoms with E-state index in [1.165, 1.54) is 6.26 Å². The van der Waals surface area contributed by atoms with Crippen molar-refractivity contribution in [2.24, 2.45) is 0 Å². The van der Waals surface area contributed by atoms with Crippen molar-refractivity contribution in [3.8, 4) is 0 Å². The molecule has 4 nitrogen and oxygen atoms in total. The molecular weight excluding hydrogens is 202 g/mol. The smallest absolute Gasteiger partial charge is 0.147 e. The zero-order chi connectivity index (χ0) is 11.4. The number of sulfone groups is 1. The van der Waals surface area contributed by atoms with Gasteiger partial charge in [-0.1, -0.05) is 0 Å². The molecule has 5 heteroatoms. The molecule has 0 aromatic carbocycles. The zero-order valence-electron chi connectivity index (χ0n) is 9.37. The number of aliphatic hydroxyl groups is 1. The van der Waals surface area contributed by atoms with Gasteiger partial charge in [0, 0.05) is 12.3 Å². The van der Waals surface area contributed by atoms with E-state index in [2.05, 4.69) is 5.32 Å². The van der Waals surface area contributed by atoms with Gasteiger partial charge in [-0.2, -0.15) is 0 Å². The van der Waals surface area contributed by atoms with E-state index in [0.717, 1.165) is 0 Å². The lowest BCUT2D eigenvalue weighted by molar-refractivity contribution is 0.0445. The maximum atomic E-state index is 10.8. The molecule has 0 saturated carbocycles. The Labute approximate surface area is 86.6 Å². The monoisotopic (exact) mass is 223 g/mol. The lowest BCUT2D eigenvalue weighted by Gasteiger charge is -2.26. The first-order valence-corrected chi connectivity index (χ1v) is 6.82. The summed E-state index contributed by atoms with van der Waals surface area (Å²) in [6.07, 6.45) is 1.81. The topological polar surface area (TPSA) is 66.4 Å². The Balaban J connectivity index is 3.66. The Morgan fingerprint density at radius 1 is 1.43 bits per heavy atom. The fourth-order valence-electron chi connectivity index (χ4n) is 0.903. The molecule has 0 fully saturated rings. The lowest BCUT2D eigenvalue weighted by Crippen LogP contribution is -2.45. The summed E-state index contributed by atoms with van der Waals surface area (Å²) in [4.78, 5) is 0. The van der Waals surface area contributed by atoms with Crippen molar-refractivity contribution >= 4 is 9.84 Å². The van der Waals surface area contributed by atoms with Crippen molar-refractivity contribution in [2.45, 2.75) is 38.8 Å². The molecule has 0 spiro atoms. The number of hydrogen-bond donors (Lipinski definition) is 2. The molecule has 0 bridgehead atoms. The first kappa shape index (κ1) is 13.9. The molecule has 0 rings (SSSR count). The van der Waals surface area contributed by atoms with Gasteiger partial charge in [0.15, 0.2) is 0 Å². The van der Waals surface area contributed by atoms with E-state index in [4.69, 9.17) is 0 Å². The van der Waals surface area contributed by atoms with Crippen LogP contribution in [0, 0.1) is 0 Å². The van der Waals surface area contributed by atoms with Crippen molar-refractivity contribution in [3.63, 3.8) is 0 Å². The number of rotatable bonds is 6. The minimum Gasteiger partial charge on any atom is -0.389 e. The van der Waals surface area contributed by atoms with E-state index in [9.17, 15) is 13.5 Å². The van der Waals surface area contributed by atoms with E-state index in [1.54, 1.807) is 13.8 Å². The van der Waals surface area contributed by atoms with E-state index in [1.807, 2.05) is 6.92 Å². The molecule has 1 unspecified atom stereocenters. The van der Waals surface area contributed by atoms with Crippen LogP contribution < -0.4 is 5.32 Å². The summed E-state index contributed by atoms with van der Waals surface area (Å²) in [5, 5.41) is 12.6. The lowest BCUT2D eigenvalue weighted by atomic mass is 10.0. The molecule has 86 valence electrons. The van der Waals surface area contributed by atoms with Gasteiger partial charge in [-0.05, 0) is 33.7 Å². The molecule has 0 aliphatic carbocycles. The molecule has 2 N–H and O–H groups in total. The van der Waals surface area contributed by atoms with Crippen LogP contribution in [0.3, 0.4) is 0 Å². The van der Waals surface area contributed by atoms with Crippen LogP contribution in [0.15, 0.2) is 0 Å². The normalized spacial score (nSPS) is 15.5. The highest BCUT2D eigenvalue weighted by molar-refractivity contribution is 7.90. The van der Waals surface area contributed by atoms with E-state index < -0.39 is 15.4 Å². The molecule has 0 heterocycles. The molecule has 0 saturated heterocycles. The van der Waals surface area contributed by atoms with Gasteiger partial charge in [0.1, 0.15) is 9.84 Å². The van der Waals surface area contributed by atoms with Gasteiger partial charge in [-0.15, -0.1) is 0 Å². The first-order chi connectivity index (χ1) is 6.13. The summed E-state index contributed by atoms with van der Waals surface area (Å²) in [6.45, 7) is 5.93. The Bertz CT molecular complexity index is 254. The summed E-state index contributed by atoms with van der Waals surface area (Å²) >= 11 is 0. The van der Waals surface area contributed by atoms with Gasteiger partial charge < -0.3 is 10.4 Å². The van der Waals surface area contributed by atoms with E-state index in [-0.39, 0.29) is 11.8 Å². The van der Waals surface area contributed by atoms with Crippen LogP contribution in [0.5, 0.6) is 0 Å². The molecule has 0 radical (unpaired) electrons. The van der Waals surface area contributed by atoms with Crippen LogP contribution in [0.2, 0.25) is 0 Å². The van der Waals surface area contributed by atoms with Gasteiger partial charge in [0.05, 0.1) is 11.4 Å². The Morgan fingerprint density at radius 3 is 2.29 bits per heavy atom. The first-order valence-electron chi connectivity index (χ1n) is 4.76. The third-order valence-electron chi connectivity index (χ3n) is 2.20. The highest BCUT2D eigenvalue weighted by Gasteiger charge is 2.21. The third kappa shape index (κ3) is 7.29. The summed E-state index contributed by atoms with van der Waals surface area (Å²) in [7, 11) is -2.86. The second kappa shape index (κ2) is 5.09. The van der Waals surface area contributed by atoms with Crippen LogP contribution in [-0.4, -0.2) is 43.7 Å². The highest BCUT2D eigenvalue weighted by atomic mass is 32.2. The van der Waals surface area contributed by atoms with Crippen molar-refractivity contribution in [1.82, 2.24) is 5.32 Å². The Kier molecular flexibility index (Phi) is 5.05. The summed E-state index contributed by atoms with van der Waals surface area (Å²) in [6, 6.07) is -0.0398. The summed E-state index contributed by atoms with van der Waals surface area (Å²) in [5.41, 5.74) is -0.773. The molecule has 14 heavy (non-hydrogen) atoms. The second-order valence-corrected chi connectivity index (χ2v) is 6.57. The van der Waals surface area contributed by atoms with E-state index in [0.29, 0.717) is 13.0 Å². The number of hydrogen-bond acceptors (Lipinski definition) is 4. The standard InChI is InChI=1S/C9H21NO3S/c1-8(9(2,3)11)10-6-5-7-14(4,12)13/h8,10-11H,5-7H2,1-4H3. The molecule has 1 atom stereocenters. The van der Waals surface area contributed by atoms with Crippen molar-refractivity contribution < 1.29 is 13.5 Å². The Morgan fingerprint density at radius 2 is 1.93 bits per heavy atom. The average molecular weight is 223 g/mol. The van der Waals surface area contributed by atoms with Crippen molar-refractivity contribution in [1.29, 1.82) is 0 Å². The quantitative estimate of drug-likeness (QED) is 0.630. The van der Waals surface area contributed by atoms with Crippen LogP contribution >= 0.6 is 0 Å². The zero-order valence-corrected chi connectivity index (χ0v) is 10.2. The van der Waals surface area contributed by atoms with Gasteiger partial charge in [0.25, 0.3) is 0 Å². The molecule has 0 aliphatic rings. The maximum Gasteiger partial charge on any atom is 0.147 e. The fraction of sp³-hybridized carbons (Fsp3) is 1.00. The van der Waals surface area contributed by atoms with Crippen LogP contribution in [-0.2, 0) is 9.84 Å². The largest absolute Gasteiger partial charge is 0.389 e. The number of nitrogens with one attached hydrogen (secondary N) is 1. The fourth-order valence-corrected chi connectivity index (χ4v) is 1.57. The van der Waals surface area contributed by atoms with Gasteiger partial charge >= 0.3 is 0 Å². The molecule has 0 aliphatic heterocycles. The average Bonchev–Trinajstić information content (AvgIpc) is 1.93. The predicted octanol–water partition coefficient (Wildman–Crippen LogP) is 0.170. The van der Waals surface area contributed by atoms with Gasteiger partial charge in [-0.25, -0.2) is 8.42 Å². The SMILES string of the molecule is CC(NCCCS(C)(=O)=O)C(C)(C)O. The van der Waals surface area contributed by atoms with Crippen LogP contribution in [0.25, 0.3) is 0 Å². The van der Waals surface area contributed by atoms with Crippen molar-refractivity contribution in [3.05, 3.63) is 0 Å². The third-order valence-corrected chi connectivity index (χ3v) is 3.23. The molecule has 0 aromatic heterocycles. The van der Waals surface area contributed by atoms with Crippen LogP contribution in [0.4, 0.5) is 0 Å². The molecular formula is C9H21NO3S. The Hall–Kier alpha value is -0.130. The van der Waals surface area contributed by atoms with Crippen LogP contribution in [0.1, 0.15) is 27.2 Å². The maximum absolute atomic E-state index is 10.8. The van der Waals surface area contributed by atoms with E-state index >= 15 is 0 Å².